The third kappa shape index (κ3) is 34.3. The Morgan fingerprint density at radius 2 is 0.635 bits per heavy atom. The number of phenols is 1. The molecule has 1 aromatic rings. The molecular formula is C49H91NO2. The highest BCUT2D eigenvalue weighted by Crippen LogP contribution is 2.20. The summed E-state index contributed by atoms with van der Waals surface area (Å²) >= 11 is 0. The molecule has 0 atom stereocenters. The third-order valence-electron chi connectivity index (χ3n) is 11.6. The van der Waals surface area contributed by atoms with E-state index in [-0.39, 0.29) is 5.75 Å². The average Bonchev–Trinajstić information content (AvgIpc) is 3.15. The summed E-state index contributed by atoms with van der Waals surface area (Å²) in [6.45, 7) is 2.31. The van der Waals surface area contributed by atoms with Crippen LogP contribution >= 0.6 is 0 Å². The molecule has 1 aromatic carbocycles. The lowest BCUT2D eigenvalue weighted by atomic mass is 10.0. The van der Waals surface area contributed by atoms with Gasteiger partial charge in [-0.2, -0.15) is 0 Å². The molecule has 0 spiro atoms. The van der Waals surface area contributed by atoms with Crippen molar-refractivity contribution in [2.75, 3.05) is 0 Å². The molecule has 3 nitrogen and oxygen atoms in total. The molecule has 0 fully saturated rings. The molecule has 0 aromatic heterocycles. The SMILES string of the molecule is CCCCCCCCCCCCCCCCCCCCCCCCCCCCCCCCCCCCCCCCCCc1ccc(O)c(C=NO)c1. The maximum Gasteiger partial charge on any atom is 0.124 e. The molecular weight excluding hydrogens is 635 g/mol. The number of aromatic hydroxyl groups is 1. The van der Waals surface area contributed by atoms with Crippen molar-refractivity contribution in [2.24, 2.45) is 5.16 Å². The fourth-order valence-corrected chi connectivity index (χ4v) is 8.04. The second-order valence-electron chi connectivity index (χ2n) is 16.7. The van der Waals surface area contributed by atoms with Gasteiger partial charge in [-0.05, 0) is 30.5 Å². The van der Waals surface area contributed by atoms with Crippen LogP contribution in [0.3, 0.4) is 0 Å². The first-order valence-electron chi connectivity index (χ1n) is 23.8. The van der Waals surface area contributed by atoms with Gasteiger partial charge >= 0.3 is 0 Å². The van der Waals surface area contributed by atoms with E-state index in [1.54, 1.807) is 6.07 Å². The van der Waals surface area contributed by atoms with E-state index in [2.05, 4.69) is 12.1 Å². The minimum absolute atomic E-state index is 0.165. The molecule has 2 N–H and O–H groups in total. The molecule has 0 radical (unpaired) electrons. The lowest BCUT2D eigenvalue weighted by molar-refractivity contribution is 0.321. The van der Waals surface area contributed by atoms with E-state index >= 15 is 0 Å². The van der Waals surface area contributed by atoms with Crippen LogP contribution in [0.25, 0.3) is 0 Å². The summed E-state index contributed by atoms with van der Waals surface area (Å²) in [6.07, 6.45) is 60.1. The molecule has 0 bridgehead atoms. The van der Waals surface area contributed by atoms with Crippen molar-refractivity contribution in [3.8, 4) is 5.75 Å². The van der Waals surface area contributed by atoms with Crippen molar-refractivity contribution in [1.29, 1.82) is 0 Å². The van der Waals surface area contributed by atoms with Gasteiger partial charge in [0.15, 0.2) is 0 Å². The zero-order chi connectivity index (χ0) is 37.3. The van der Waals surface area contributed by atoms with Gasteiger partial charge in [0.1, 0.15) is 5.75 Å². The van der Waals surface area contributed by atoms with Gasteiger partial charge in [-0.25, -0.2) is 0 Å². The normalized spacial score (nSPS) is 11.7. The lowest BCUT2D eigenvalue weighted by Gasteiger charge is -2.05. The summed E-state index contributed by atoms with van der Waals surface area (Å²) < 4.78 is 0. The number of phenolic OH excluding ortho intramolecular Hbond substituents is 1. The van der Waals surface area contributed by atoms with Crippen LogP contribution in [0.5, 0.6) is 5.75 Å². The Bertz CT molecular complexity index is 867. The van der Waals surface area contributed by atoms with E-state index in [9.17, 15) is 5.11 Å². The molecule has 0 saturated carbocycles. The zero-order valence-electron chi connectivity index (χ0n) is 35.1. The number of aryl methyl sites for hydroxylation is 1. The van der Waals surface area contributed by atoms with Gasteiger partial charge in [-0.1, -0.05) is 269 Å². The van der Waals surface area contributed by atoms with Crippen molar-refractivity contribution in [1.82, 2.24) is 0 Å². The molecule has 0 heterocycles. The van der Waals surface area contributed by atoms with E-state index in [1.165, 1.54) is 269 Å². The number of benzene rings is 1. The molecule has 52 heavy (non-hydrogen) atoms. The van der Waals surface area contributed by atoms with Crippen molar-refractivity contribution >= 4 is 6.21 Å². The average molecular weight is 726 g/mol. The van der Waals surface area contributed by atoms with Gasteiger partial charge < -0.3 is 10.3 Å². The van der Waals surface area contributed by atoms with Gasteiger partial charge in [0.25, 0.3) is 0 Å². The predicted octanol–water partition coefficient (Wildman–Crippen LogP) is 17.4. The Labute approximate surface area is 326 Å². The molecule has 1 rings (SSSR count). The van der Waals surface area contributed by atoms with Crippen molar-refractivity contribution < 1.29 is 10.3 Å². The summed E-state index contributed by atoms with van der Waals surface area (Å²) in [7, 11) is 0. The van der Waals surface area contributed by atoms with Gasteiger partial charge in [0, 0.05) is 5.56 Å². The molecule has 0 saturated heterocycles. The van der Waals surface area contributed by atoms with Crippen LogP contribution in [0.2, 0.25) is 0 Å². The molecule has 0 amide bonds. The Balaban J connectivity index is 1.65. The number of nitrogens with zero attached hydrogens (tertiary/aromatic N) is 1. The number of rotatable bonds is 42. The van der Waals surface area contributed by atoms with Crippen LogP contribution in [0, 0.1) is 0 Å². The maximum absolute atomic E-state index is 9.77. The topological polar surface area (TPSA) is 52.8 Å². The molecule has 0 unspecified atom stereocenters. The minimum Gasteiger partial charge on any atom is -0.507 e. The number of hydrogen-bond acceptors (Lipinski definition) is 3. The zero-order valence-corrected chi connectivity index (χ0v) is 35.1. The summed E-state index contributed by atoms with van der Waals surface area (Å²) in [4.78, 5) is 0. The van der Waals surface area contributed by atoms with E-state index in [0.29, 0.717) is 5.56 Å². The summed E-state index contributed by atoms with van der Waals surface area (Å²) in [5.41, 5.74) is 1.78. The number of oxime groups is 1. The van der Waals surface area contributed by atoms with Crippen molar-refractivity contribution in [2.45, 2.75) is 270 Å². The number of unbranched alkanes of at least 4 members (excludes halogenated alkanes) is 39. The Morgan fingerprint density at radius 3 is 0.885 bits per heavy atom. The van der Waals surface area contributed by atoms with E-state index in [4.69, 9.17) is 5.21 Å². The summed E-state index contributed by atoms with van der Waals surface area (Å²) in [6, 6.07) is 5.58. The Hall–Kier alpha value is -1.51. The monoisotopic (exact) mass is 726 g/mol. The first-order valence-corrected chi connectivity index (χ1v) is 23.8. The van der Waals surface area contributed by atoms with E-state index in [1.807, 2.05) is 12.1 Å². The highest BCUT2D eigenvalue weighted by molar-refractivity contribution is 5.83. The minimum atomic E-state index is 0.165. The molecule has 0 aliphatic rings. The molecule has 0 aliphatic heterocycles. The third-order valence-corrected chi connectivity index (χ3v) is 11.6. The standard InChI is InChI=1S/C49H91NO2/c1-2-3-4-5-6-7-8-9-10-11-12-13-14-15-16-17-18-19-20-21-22-23-24-25-26-27-28-29-30-31-32-33-34-35-36-37-38-39-40-41-42-47-43-44-49(51)48(45-47)46-50-52/h43-46,51-52H,2-42H2,1H3. The lowest BCUT2D eigenvalue weighted by Crippen LogP contribution is -1.90. The van der Waals surface area contributed by atoms with Crippen LogP contribution < -0.4 is 0 Å². The van der Waals surface area contributed by atoms with Crippen LogP contribution in [0.4, 0.5) is 0 Å². The fraction of sp³-hybridized carbons (Fsp3) is 0.857. The van der Waals surface area contributed by atoms with Gasteiger partial charge in [-0.3, -0.25) is 0 Å². The van der Waals surface area contributed by atoms with Crippen LogP contribution in [-0.2, 0) is 6.42 Å². The molecule has 304 valence electrons. The van der Waals surface area contributed by atoms with Gasteiger partial charge in [0.2, 0.25) is 0 Å². The van der Waals surface area contributed by atoms with Crippen LogP contribution in [0.1, 0.15) is 275 Å². The van der Waals surface area contributed by atoms with E-state index < -0.39 is 0 Å². The Morgan fingerprint density at radius 1 is 0.385 bits per heavy atom. The Kier molecular flexibility index (Phi) is 37.9. The largest absolute Gasteiger partial charge is 0.507 e. The van der Waals surface area contributed by atoms with Crippen LogP contribution in [0.15, 0.2) is 23.4 Å². The quantitative estimate of drug-likeness (QED) is 0.0305. The fourth-order valence-electron chi connectivity index (χ4n) is 8.04. The second-order valence-corrected chi connectivity index (χ2v) is 16.7. The van der Waals surface area contributed by atoms with Crippen LogP contribution in [-0.4, -0.2) is 16.5 Å². The number of hydrogen-bond donors (Lipinski definition) is 2. The molecule has 0 aliphatic carbocycles. The van der Waals surface area contributed by atoms with Crippen molar-refractivity contribution in [3.05, 3.63) is 29.3 Å². The maximum atomic E-state index is 9.77. The first kappa shape index (κ1) is 48.5. The predicted molar refractivity (Wildman–Crippen MR) is 232 cm³/mol. The highest BCUT2D eigenvalue weighted by Gasteiger charge is 2.02. The van der Waals surface area contributed by atoms with Gasteiger partial charge in [-0.15, -0.1) is 0 Å². The smallest absolute Gasteiger partial charge is 0.124 e. The van der Waals surface area contributed by atoms with E-state index in [0.717, 1.165) is 6.42 Å². The van der Waals surface area contributed by atoms with Gasteiger partial charge in [0.05, 0.1) is 6.21 Å². The molecule has 3 heteroatoms. The second kappa shape index (κ2) is 40.7. The first-order chi connectivity index (χ1) is 25.8. The van der Waals surface area contributed by atoms with Crippen molar-refractivity contribution in [3.63, 3.8) is 0 Å². The summed E-state index contributed by atoms with van der Waals surface area (Å²) in [5.74, 6) is 0.165. The summed E-state index contributed by atoms with van der Waals surface area (Å²) in [5, 5.41) is 21.5. The highest BCUT2D eigenvalue weighted by atomic mass is 16.4.